The van der Waals surface area contributed by atoms with E-state index in [2.05, 4.69) is 29.4 Å². The standard InChI is InChI=1S/C12H21N3S/c1-9-6-4-5-7-15(9)12-14-11(8-16-12)10(2)13-3/h8-10,13H,4-7H2,1-3H3. The van der Waals surface area contributed by atoms with E-state index < -0.39 is 0 Å². The maximum absolute atomic E-state index is 4.74. The van der Waals surface area contributed by atoms with Gasteiger partial charge in [0.1, 0.15) is 0 Å². The van der Waals surface area contributed by atoms with E-state index in [9.17, 15) is 0 Å². The predicted molar refractivity (Wildman–Crippen MR) is 70.2 cm³/mol. The van der Waals surface area contributed by atoms with Crippen LogP contribution in [-0.4, -0.2) is 24.6 Å². The fourth-order valence-corrected chi connectivity index (χ4v) is 3.18. The highest BCUT2D eigenvalue weighted by Crippen LogP contribution is 2.29. The van der Waals surface area contributed by atoms with E-state index in [-0.39, 0.29) is 0 Å². The molecule has 0 radical (unpaired) electrons. The highest BCUT2D eigenvalue weighted by Gasteiger charge is 2.21. The molecule has 16 heavy (non-hydrogen) atoms. The molecule has 1 N–H and O–H groups in total. The minimum atomic E-state index is 0.352. The van der Waals surface area contributed by atoms with E-state index in [1.54, 1.807) is 11.3 Å². The van der Waals surface area contributed by atoms with Crippen LogP contribution >= 0.6 is 11.3 Å². The van der Waals surface area contributed by atoms with Gasteiger partial charge in [-0.05, 0) is 40.2 Å². The quantitative estimate of drug-likeness (QED) is 0.879. The summed E-state index contributed by atoms with van der Waals surface area (Å²) < 4.78 is 0. The van der Waals surface area contributed by atoms with Crippen molar-refractivity contribution in [3.63, 3.8) is 0 Å². The second-order valence-corrected chi connectivity index (χ2v) is 5.44. The Hall–Kier alpha value is -0.610. The third-order valence-electron chi connectivity index (χ3n) is 3.44. The van der Waals surface area contributed by atoms with Gasteiger partial charge in [0.05, 0.1) is 5.69 Å². The van der Waals surface area contributed by atoms with Gasteiger partial charge in [0.15, 0.2) is 5.13 Å². The molecule has 0 saturated carbocycles. The fourth-order valence-electron chi connectivity index (χ4n) is 2.14. The molecule has 1 aliphatic heterocycles. The molecule has 1 aromatic heterocycles. The van der Waals surface area contributed by atoms with E-state index in [0.717, 1.165) is 0 Å². The minimum absolute atomic E-state index is 0.352. The van der Waals surface area contributed by atoms with Crippen LogP contribution < -0.4 is 10.2 Å². The molecule has 0 aromatic carbocycles. The number of thiazole rings is 1. The van der Waals surface area contributed by atoms with Gasteiger partial charge in [0, 0.05) is 24.0 Å². The van der Waals surface area contributed by atoms with E-state index >= 15 is 0 Å². The summed E-state index contributed by atoms with van der Waals surface area (Å²) in [6, 6.07) is 1.00. The first-order valence-electron chi connectivity index (χ1n) is 6.11. The number of anilines is 1. The van der Waals surface area contributed by atoms with Crippen LogP contribution in [0, 0.1) is 0 Å². The van der Waals surface area contributed by atoms with Crippen LogP contribution in [0.1, 0.15) is 44.8 Å². The third kappa shape index (κ3) is 2.38. The predicted octanol–water partition coefficient (Wildman–Crippen LogP) is 2.80. The molecule has 0 amide bonds. The maximum atomic E-state index is 4.74. The van der Waals surface area contributed by atoms with Crippen LogP contribution in [0.15, 0.2) is 5.38 Å². The Labute approximate surface area is 102 Å². The second-order valence-electron chi connectivity index (χ2n) is 4.60. The van der Waals surface area contributed by atoms with Gasteiger partial charge in [-0.25, -0.2) is 4.98 Å². The van der Waals surface area contributed by atoms with Gasteiger partial charge in [-0.2, -0.15) is 0 Å². The molecule has 0 bridgehead atoms. The van der Waals surface area contributed by atoms with E-state index in [0.29, 0.717) is 12.1 Å². The SMILES string of the molecule is CNC(C)c1csc(N2CCCCC2C)n1. The monoisotopic (exact) mass is 239 g/mol. The van der Waals surface area contributed by atoms with Gasteiger partial charge in [0.2, 0.25) is 0 Å². The highest BCUT2D eigenvalue weighted by atomic mass is 32.1. The zero-order chi connectivity index (χ0) is 11.5. The molecule has 1 aliphatic rings. The van der Waals surface area contributed by atoms with Crippen LogP contribution in [0.2, 0.25) is 0 Å². The summed E-state index contributed by atoms with van der Waals surface area (Å²) in [6.07, 6.45) is 3.97. The number of nitrogens with zero attached hydrogens (tertiary/aromatic N) is 2. The maximum Gasteiger partial charge on any atom is 0.185 e. The van der Waals surface area contributed by atoms with Crippen LogP contribution in [0.3, 0.4) is 0 Å². The first-order chi connectivity index (χ1) is 7.72. The lowest BCUT2D eigenvalue weighted by Crippen LogP contribution is -2.37. The van der Waals surface area contributed by atoms with E-state index in [1.165, 1.54) is 36.6 Å². The summed E-state index contributed by atoms with van der Waals surface area (Å²) in [5.41, 5.74) is 1.17. The Morgan fingerprint density at radius 1 is 1.56 bits per heavy atom. The second kappa shape index (κ2) is 5.15. The van der Waals surface area contributed by atoms with E-state index in [1.807, 2.05) is 7.05 Å². The van der Waals surface area contributed by atoms with Gasteiger partial charge in [0.25, 0.3) is 0 Å². The average Bonchev–Trinajstić information content (AvgIpc) is 2.78. The first kappa shape index (κ1) is 11.9. The van der Waals surface area contributed by atoms with Gasteiger partial charge >= 0.3 is 0 Å². The zero-order valence-corrected chi connectivity index (χ0v) is 11.2. The summed E-state index contributed by atoms with van der Waals surface area (Å²) in [5, 5.41) is 6.61. The molecule has 0 aliphatic carbocycles. The molecule has 0 spiro atoms. The lowest BCUT2D eigenvalue weighted by molar-refractivity contribution is 0.483. The summed E-state index contributed by atoms with van der Waals surface area (Å²) in [6.45, 7) is 5.63. The van der Waals surface area contributed by atoms with Crippen molar-refractivity contribution in [2.24, 2.45) is 0 Å². The molecule has 2 heterocycles. The Bertz CT molecular complexity index is 337. The molecule has 90 valence electrons. The van der Waals surface area contributed by atoms with Crippen LogP contribution in [0.4, 0.5) is 5.13 Å². The van der Waals surface area contributed by atoms with Crippen molar-refractivity contribution in [2.75, 3.05) is 18.5 Å². The Morgan fingerprint density at radius 3 is 3.06 bits per heavy atom. The van der Waals surface area contributed by atoms with Crippen LogP contribution in [0.25, 0.3) is 0 Å². The number of aromatic nitrogens is 1. The lowest BCUT2D eigenvalue weighted by Gasteiger charge is -2.33. The molecule has 1 aromatic rings. The first-order valence-corrected chi connectivity index (χ1v) is 6.99. The van der Waals surface area contributed by atoms with Gasteiger partial charge in [-0.3, -0.25) is 0 Å². The van der Waals surface area contributed by atoms with E-state index in [4.69, 9.17) is 4.98 Å². The molecular formula is C12H21N3S. The van der Waals surface area contributed by atoms with Crippen LogP contribution in [0.5, 0.6) is 0 Å². The van der Waals surface area contributed by atoms with Crippen molar-refractivity contribution in [1.29, 1.82) is 0 Å². The molecule has 2 unspecified atom stereocenters. The average molecular weight is 239 g/mol. The summed E-state index contributed by atoms with van der Waals surface area (Å²) in [4.78, 5) is 7.20. The molecular weight excluding hydrogens is 218 g/mol. The van der Waals surface area contributed by atoms with Crippen molar-refractivity contribution in [2.45, 2.75) is 45.2 Å². The number of rotatable bonds is 3. The number of hydrogen-bond acceptors (Lipinski definition) is 4. The van der Waals surface area contributed by atoms with Crippen molar-refractivity contribution >= 4 is 16.5 Å². The fraction of sp³-hybridized carbons (Fsp3) is 0.750. The van der Waals surface area contributed by atoms with Gasteiger partial charge in [-0.1, -0.05) is 0 Å². The summed E-state index contributed by atoms with van der Waals surface area (Å²) >= 11 is 1.78. The Kier molecular flexibility index (Phi) is 3.82. The number of piperidine rings is 1. The largest absolute Gasteiger partial charge is 0.345 e. The molecule has 3 nitrogen and oxygen atoms in total. The Morgan fingerprint density at radius 2 is 2.38 bits per heavy atom. The normalized spacial score (nSPS) is 23.4. The van der Waals surface area contributed by atoms with Crippen molar-refractivity contribution in [3.8, 4) is 0 Å². The highest BCUT2D eigenvalue weighted by molar-refractivity contribution is 7.13. The van der Waals surface area contributed by atoms with Gasteiger partial charge in [-0.15, -0.1) is 11.3 Å². The molecule has 4 heteroatoms. The molecule has 2 rings (SSSR count). The van der Waals surface area contributed by atoms with Crippen LogP contribution in [-0.2, 0) is 0 Å². The number of hydrogen-bond donors (Lipinski definition) is 1. The summed E-state index contributed by atoms with van der Waals surface area (Å²) in [7, 11) is 1.98. The zero-order valence-electron chi connectivity index (χ0n) is 10.4. The van der Waals surface area contributed by atoms with Gasteiger partial charge < -0.3 is 10.2 Å². The molecule has 1 saturated heterocycles. The molecule has 1 fully saturated rings. The van der Waals surface area contributed by atoms with Crippen molar-refractivity contribution < 1.29 is 0 Å². The molecule has 2 atom stereocenters. The summed E-state index contributed by atoms with van der Waals surface area (Å²) in [5.74, 6) is 0. The minimum Gasteiger partial charge on any atom is -0.345 e. The van der Waals surface area contributed by atoms with Crippen molar-refractivity contribution in [3.05, 3.63) is 11.1 Å². The van der Waals surface area contributed by atoms with Crippen molar-refractivity contribution in [1.82, 2.24) is 10.3 Å². The Balaban J connectivity index is 2.11. The lowest BCUT2D eigenvalue weighted by atomic mass is 10.1. The third-order valence-corrected chi connectivity index (χ3v) is 4.33. The topological polar surface area (TPSA) is 28.2 Å². The number of nitrogens with one attached hydrogen (secondary N) is 1. The smallest absolute Gasteiger partial charge is 0.185 e.